The molecule has 0 bridgehead atoms. The van der Waals surface area contributed by atoms with E-state index in [1.807, 2.05) is 13.8 Å². The van der Waals surface area contributed by atoms with E-state index < -0.39 is 6.61 Å². The van der Waals surface area contributed by atoms with Gasteiger partial charge in [0, 0.05) is 17.8 Å². The van der Waals surface area contributed by atoms with Crippen molar-refractivity contribution in [3.05, 3.63) is 69.0 Å². The topological polar surface area (TPSA) is 65.4 Å². The monoisotopic (exact) mass is 483 g/mol. The molecule has 0 unspecified atom stereocenters. The van der Waals surface area contributed by atoms with Crippen molar-refractivity contribution in [2.45, 2.75) is 33.4 Å². The van der Waals surface area contributed by atoms with E-state index in [1.54, 1.807) is 28.9 Å². The Bertz CT molecular complexity index is 1140. The number of carbonyl (C=O) groups excluding carboxylic acids is 1. The summed E-state index contributed by atoms with van der Waals surface area (Å²) in [5, 5.41) is 8.15. The number of hydrogen-bond acceptors (Lipinski definition) is 4. The minimum absolute atomic E-state index is 0.0937. The number of aryl methyl sites for hydroxylation is 1. The highest BCUT2D eigenvalue weighted by Gasteiger charge is 2.17. The number of alkyl halides is 2. The molecule has 0 radical (unpaired) electrons. The van der Waals surface area contributed by atoms with E-state index in [0.29, 0.717) is 21.3 Å². The van der Waals surface area contributed by atoms with Gasteiger partial charge >= 0.3 is 6.61 Å². The van der Waals surface area contributed by atoms with Crippen molar-refractivity contribution in [3.8, 4) is 17.2 Å². The first-order valence-electron chi connectivity index (χ1n) is 9.58. The Hall–Kier alpha value is -2.84. The molecule has 0 aliphatic rings. The molecule has 1 N–H and O–H groups in total. The lowest BCUT2D eigenvalue weighted by Gasteiger charge is -2.12. The second-order valence-electron chi connectivity index (χ2n) is 6.98. The maximum atomic E-state index is 12.6. The maximum absolute atomic E-state index is 12.6. The number of ether oxygens (including phenoxy) is 2. The van der Waals surface area contributed by atoms with Gasteiger partial charge in [-0.25, -0.2) is 4.68 Å². The average Bonchev–Trinajstić information content (AvgIpc) is 3.02. The van der Waals surface area contributed by atoms with Crippen LogP contribution >= 0.6 is 23.2 Å². The Morgan fingerprint density at radius 3 is 2.53 bits per heavy atom. The number of benzene rings is 2. The zero-order chi connectivity index (χ0) is 23.4. The Morgan fingerprint density at radius 1 is 1.12 bits per heavy atom. The molecular formula is C22H21Cl2F2N3O3. The molecule has 0 fully saturated rings. The Kier molecular flexibility index (Phi) is 7.58. The van der Waals surface area contributed by atoms with E-state index in [0.717, 1.165) is 16.9 Å². The maximum Gasteiger partial charge on any atom is 0.387 e. The summed E-state index contributed by atoms with van der Waals surface area (Å²) in [6, 6.07) is 9.76. The molecule has 1 heterocycles. The third-order valence-corrected chi connectivity index (χ3v) is 5.60. The zero-order valence-electron chi connectivity index (χ0n) is 17.6. The lowest BCUT2D eigenvalue weighted by Crippen LogP contribution is -2.25. The van der Waals surface area contributed by atoms with Crippen LogP contribution in [-0.4, -0.2) is 29.4 Å². The molecule has 2 aromatic carbocycles. The number of amides is 1. The standard InChI is InChI=1S/C22H21Cl2F2N3O3/c1-12-16(13(2)29(28-12)15-5-6-17(23)18(24)9-15)10-21(30)27-11-14-4-7-19(31-3)20(8-14)32-22(25)26/h4-9,22H,10-11H2,1-3H3,(H,27,30). The van der Waals surface area contributed by atoms with Crippen molar-refractivity contribution < 1.29 is 23.0 Å². The van der Waals surface area contributed by atoms with Crippen LogP contribution in [0.2, 0.25) is 10.0 Å². The number of nitrogens with zero attached hydrogens (tertiary/aromatic N) is 2. The summed E-state index contributed by atoms with van der Waals surface area (Å²) in [5.74, 6) is -0.151. The molecule has 3 rings (SSSR count). The minimum atomic E-state index is -2.98. The van der Waals surface area contributed by atoms with Crippen LogP contribution in [0.1, 0.15) is 22.5 Å². The Balaban J connectivity index is 1.70. The van der Waals surface area contributed by atoms with Crippen LogP contribution in [0.3, 0.4) is 0 Å². The molecule has 0 atom stereocenters. The molecule has 0 saturated heterocycles. The van der Waals surface area contributed by atoms with Crippen LogP contribution in [0.5, 0.6) is 11.5 Å². The Morgan fingerprint density at radius 2 is 1.88 bits per heavy atom. The lowest BCUT2D eigenvalue weighted by atomic mass is 10.1. The van der Waals surface area contributed by atoms with Gasteiger partial charge in [-0.1, -0.05) is 29.3 Å². The second-order valence-corrected chi connectivity index (χ2v) is 7.79. The predicted molar refractivity (Wildman–Crippen MR) is 118 cm³/mol. The van der Waals surface area contributed by atoms with Gasteiger partial charge in [-0.15, -0.1) is 0 Å². The molecule has 0 aliphatic carbocycles. The van der Waals surface area contributed by atoms with E-state index in [1.165, 1.54) is 19.2 Å². The largest absolute Gasteiger partial charge is 0.493 e. The fraction of sp³-hybridized carbons (Fsp3) is 0.273. The quantitative estimate of drug-likeness (QED) is 0.474. The first-order valence-corrected chi connectivity index (χ1v) is 10.3. The molecule has 1 aromatic heterocycles. The fourth-order valence-electron chi connectivity index (χ4n) is 3.24. The zero-order valence-corrected chi connectivity index (χ0v) is 19.1. The number of hydrogen-bond donors (Lipinski definition) is 1. The lowest BCUT2D eigenvalue weighted by molar-refractivity contribution is -0.120. The number of carbonyl (C=O) groups is 1. The summed E-state index contributed by atoms with van der Waals surface area (Å²) in [6.07, 6.45) is 0.107. The van der Waals surface area contributed by atoms with Crippen molar-refractivity contribution in [2.24, 2.45) is 0 Å². The highest BCUT2D eigenvalue weighted by molar-refractivity contribution is 6.42. The number of rotatable bonds is 8. The molecule has 0 aliphatic heterocycles. The Labute approximate surface area is 194 Å². The van der Waals surface area contributed by atoms with Gasteiger partial charge in [0.1, 0.15) is 0 Å². The van der Waals surface area contributed by atoms with Crippen LogP contribution in [-0.2, 0) is 17.8 Å². The third-order valence-electron chi connectivity index (χ3n) is 4.86. The summed E-state index contributed by atoms with van der Waals surface area (Å²) >= 11 is 12.1. The molecular weight excluding hydrogens is 463 g/mol. The minimum Gasteiger partial charge on any atom is -0.493 e. The summed E-state index contributed by atoms with van der Waals surface area (Å²) in [4.78, 5) is 12.6. The molecule has 10 heteroatoms. The van der Waals surface area contributed by atoms with Crippen molar-refractivity contribution in [2.75, 3.05) is 7.11 Å². The number of nitrogens with one attached hydrogen (secondary N) is 1. The molecule has 0 saturated carbocycles. The van der Waals surface area contributed by atoms with Crippen molar-refractivity contribution in [1.29, 1.82) is 0 Å². The fourth-order valence-corrected chi connectivity index (χ4v) is 3.53. The second kappa shape index (κ2) is 10.2. The van der Waals surface area contributed by atoms with Crippen molar-refractivity contribution in [3.63, 3.8) is 0 Å². The smallest absolute Gasteiger partial charge is 0.387 e. The van der Waals surface area contributed by atoms with Gasteiger partial charge in [-0.05, 0) is 49.7 Å². The van der Waals surface area contributed by atoms with Gasteiger partial charge in [0.2, 0.25) is 5.91 Å². The van der Waals surface area contributed by atoms with E-state index >= 15 is 0 Å². The molecule has 6 nitrogen and oxygen atoms in total. The number of methoxy groups -OCH3 is 1. The van der Waals surface area contributed by atoms with Crippen LogP contribution in [0.15, 0.2) is 36.4 Å². The molecule has 1 amide bonds. The first kappa shape index (κ1) is 23.8. The number of aromatic nitrogens is 2. The van der Waals surface area contributed by atoms with E-state index in [9.17, 15) is 13.6 Å². The summed E-state index contributed by atoms with van der Waals surface area (Å²) < 4.78 is 36.4. The third kappa shape index (κ3) is 5.49. The SMILES string of the molecule is COc1ccc(CNC(=O)Cc2c(C)nn(-c3ccc(Cl)c(Cl)c3)c2C)cc1OC(F)F. The van der Waals surface area contributed by atoms with Crippen LogP contribution < -0.4 is 14.8 Å². The number of halogens is 4. The van der Waals surface area contributed by atoms with Crippen molar-refractivity contribution in [1.82, 2.24) is 15.1 Å². The van der Waals surface area contributed by atoms with Gasteiger partial charge in [-0.3, -0.25) is 4.79 Å². The van der Waals surface area contributed by atoms with E-state index in [4.69, 9.17) is 27.9 Å². The van der Waals surface area contributed by atoms with Crippen LogP contribution in [0.4, 0.5) is 8.78 Å². The molecule has 3 aromatic rings. The first-order chi connectivity index (χ1) is 15.2. The van der Waals surface area contributed by atoms with E-state index in [2.05, 4.69) is 15.2 Å². The van der Waals surface area contributed by atoms with Gasteiger partial charge < -0.3 is 14.8 Å². The summed E-state index contributed by atoms with van der Waals surface area (Å²) in [7, 11) is 1.36. The summed E-state index contributed by atoms with van der Waals surface area (Å²) in [6.45, 7) is 0.845. The normalized spacial score (nSPS) is 11.0. The van der Waals surface area contributed by atoms with Gasteiger partial charge in [0.25, 0.3) is 0 Å². The highest BCUT2D eigenvalue weighted by Crippen LogP contribution is 2.30. The predicted octanol–water partition coefficient (Wildman–Crippen LogP) is 5.26. The van der Waals surface area contributed by atoms with Crippen molar-refractivity contribution >= 4 is 29.1 Å². The average molecular weight is 484 g/mol. The van der Waals surface area contributed by atoms with E-state index in [-0.39, 0.29) is 30.4 Å². The van der Waals surface area contributed by atoms with Crippen LogP contribution in [0, 0.1) is 13.8 Å². The summed E-state index contributed by atoms with van der Waals surface area (Å²) in [5.41, 5.74) is 3.62. The van der Waals surface area contributed by atoms with Crippen LogP contribution in [0.25, 0.3) is 5.69 Å². The van der Waals surface area contributed by atoms with Gasteiger partial charge in [0.05, 0.1) is 35.0 Å². The highest BCUT2D eigenvalue weighted by atomic mass is 35.5. The van der Waals surface area contributed by atoms with Gasteiger partial charge in [0.15, 0.2) is 11.5 Å². The molecule has 32 heavy (non-hydrogen) atoms. The van der Waals surface area contributed by atoms with Gasteiger partial charge in [-0.2, -0.15) is 13.9 Å². The molecule has 0 spiro atoms. The molecule has 170 valence electrons.